The van der Waals surface area contributed by atoms with Crippen LogP contribution in [0.25, 0.3) is 0 Å². The molecule has 0 spiro atoms. The highest BCUT2D eigenvalue weighted by Crippen LogP contribution is 2.34. The first-order valence-electron chi connectivity index (χ1n) is 5.36. The van der Waals surface area contributed by atoms with Crippen molar-refractivity contribution in [2.45, 2.75) is 10.9 Å². The Morgan fingerprint density at radius 3 is 2.88 bits per heavy atom. The van der Waals surface area contributed by atoms with Crippen LogP contribution in [0, 0.1) is 5.82 Å². The Balaban J connectivity index is 2.58. The van der Waals surface area contributed by atoms with Crippen LogP contribution < -0.4 is 10.2 Å². The fourth-order valence-electron chi connectivity index (χ4n) is 2.16. The van der Waals surface area contributed by atoms with Gasteiger partial charge >= 0.3 is 0 Å². The summed E-state index contributed by atoms with van der Waals surface area (Å²) in [5, 5.41) is 2.93. The number of hydrogen-bond donors (Lipinski definition) is 1. The number of para-hydroxylation sites is 1. The molecule has 2 rings (SSSR count). The van der Waals surface area contributed by atoms with E-state index in [1.165, 1.54) is 18.2 Å². The number of nitrogens with one attached hydrogen (secondary N) is 1. The Kier molecular flexibility index (Phi) is 3.09. The minimum absolute atomic E-state index is 0.0147. The van der Waals surface area contributed by atoms with E-state index in [4.69, 9.17) is 0 Å². The quantitative estimate of drug-likeness (QED) is 0.845. The molecule has 17 heavy (non-hydrogen) atoms. The zero-order chi connectivity index (χ0) is 12.6. The smallest absolute Gasteiger partial charge is 0.182 e. The number of nitrogens with zero attached hydrogens (tertiary/aromatic N) is 1. The molecule has 0 fully saturated rings. The number of hydrogen-bond acceptors (Lipinski definition) is 4. The number of fused-ring (bicyclic) bond motifs is 1. The van der Waals surface area contributed by atoms with Crippen LogP contribution in [0.5, 0.6) is 0 Å². The van der Waals surface area contributed by atoms with Crippen LogP contribution in [0.15, 0.2) is 23.1 Å². The first-order chi connectivity index (χ1) is 7.97. The normalized spacial score (nSPS) is 22.3. The van der Waals surface area contributed by atoms with Gasteiger partial charge in [0.05, 0.1) is 22.4 Å². The topological polar surface area (TPSA) is 49.4 Å². The standard InChI is InChI=1S/C11H15FN2O2S/c1-13-6-8-7-17(15,16)10-5-3-4-9(12)11(10)14(8)2/h3-5,8,13H,6-7H2,1-2H3. The highest BCUT2D eigenvalue weighted by molar-refractivity contribution is 7.91. The van der Waals surface area contributed by atoms with E-state index >= 15 is 0 Å². The zero-order valence-electron chi connectivity index (χ0n) is 9.77. The molecule has 1 heterocycles. The lowest BCUT2D eigenvalue weighted by Gasteiger charge is -2.35. The molecular formula is C11H15FN2O2S. The average molecular weight is 258 g/mol. The predicted octanol–water partition coefficient (Wildman–Crippen LogP) is 0.637. The molecule has 94 valence electrons. The lowest BCUT2D eigenvalue weighted by molar-refractivity contribution is 0.545. The number of likely N-dealkylation sites (N-methyl/N-ethyl adjacent to an activating group) is 2. The number of halogens is 1. The van der Waals surface area contributed by atoms with Crippen molar-refractivity contribution in [3.63, 3.8) is 0 Å². The summed E-state index contributed by atoms with van der Waals surface area (Å²) in [6, 6.07) is 3.93. The first-order valence-corrected chi connectivity index (χ1v) is 7.01. The van der Waals surface area contributed by atoms with Crippen molar-refractivity contribution >= 4 is 15.5 Å². The number of sulfone groups is 1. The second-order valence-electron chi connectivity index (χ2n) is 4.19. The second kappa shape index (κ2) is 4.27. The van der Waals surface area contributed by atoms with Crippen molar-refractivity contribution in [1.82, 2.24) is 5.32 Å². The maximum absolute atomic E-state index is 13.8. The van der Waals surface area contributed by atoms with Crippen LogP contribution in [-0.2, 0) is 9.84 Å². The fourth-order valence-corrected chi connectivity index (χ4v) is 4.01. The molecule has 0 aromatic heterocycles. The van der Waals surface area contributed by atoms with E-state index in [1.807, 2.05) is 0 Å². The molecule has 0 bridgehead atoms. The SMILES string of the molecule is CNCC1CS(=O)(=O)c2cccc(F)c2N1C. The van der Waals surface area contributed by atoms with Gasteiger partial charge in [0.1, 0.15) is 5.82 Å². The van der Waals surface area contributed by atoms with Crippen molar-refractivity contribution in [3.8, 4) is 0 Å². The highest BCUT2D eigenvalue weighted by atomic mass is 32.2. The van der Waals surface area contributed by atoms with E-state index in [1.54, 1.807) is 19.0 Å². The minimum Gasteiger partial charge on any atom is -0.366 e. The van der Waals surface area contributed by atoms with Crippen LogP contribution in [-0.4, -0.2) is 40.9 Å². The van der Waals surface area contributed by atoms with Gasteiger partial charge in [-0.3, -0.25) is 0 Å². The maximum Gasteiger partial charge on any atom is 0.182 e. The number of rotatable bonds is 2. The van der Waals surface area contributed by atoms with Crippen molar-refractivity contribution in [1.29, 1.82) is 0 Å². The summed E-state index contributed by atoms with van der Waals surface area (Å²) in [7, 11) is 0.0777. The second-order valence-corrected chi connectivity index (χ2v) is 6.19. The predicted molar refractivity (Wildman–Crippen MR) is 64.6 cm³/mol. The van der Waals surface area contributed by atoms with E-state index in [9.17, 15) is 12.8 Å². The van der Waals surface area contributed by atoms with Gasteiger partial charge in [-0.05, 0) is 19.2 Å². The maximum atomic E-state index is 13.8. The highest BCUT2D eigenvalue weighted by Gasteiger charge is 2.35. The Morgan fingerprint density at radius 2 is 2.24 bits per heavy atom. The van der Waals surface area contributed by atoms with Gasteiger partial charge in [0.25, 0.3) is 0 Å². The van der Waals surface area contributed by atoms with Crippen LogP contribution in [0.3, 0.4) is 0 Å². The van der Waals surface area contributed by atoms with Crippen molar-refractivity contribution in [2.24, 2.45) is 0 Å². The van der Waals surface area contributed by atoms with Crippen LogP contribution >= 0.6 is 0 Å². The van der Waals surface area contributed by atoms with Gasteiger partial charge in [0.15, 0.2) is 9.84 Å². The summed E-state index contributed by atoms with van der Waals surface area (Å²) in [5.41, 5.74) is 0.180. The van der Waals surface area contributed by atoms with Crippen molar-refractivity contribution < 1.29 is 12.8 Å². The third-order valence-electron chi connectivity index (χ3n) is 3.04. The molecule has 0 saturated heterocycles. The van der Waals surface area contributed by atoms with Crippen molar-refractivity contribution in [3.05, 3.63) is 24.0 Å². The van der Waals surface area contributed by atoms with Gasteiger partial charge in [-0.25, -0.2) is 12.8 Å². The van der Waals surface area contributed by atoms with E-state index in [0.29, 0.717) is 6.54 Å². The molecule has 1 unspecified atom stereocenters. The third-order valence-corrected chi connectivity index (χ3v) is 4.86. The summed E-state index contributed by atoms with van der Waals surface area (Å²) >= 11 is 0. The Labute approximate surface area is 100 Å². The summed E-state index contributed by atoms with van der Waals surface area (Å²) in [4.78, 5) is 1.79. The van der Waals surface area contributed by atoms with E-state index in [2.05, 4.69) is 5.32 Å². The first kappa shape index (κ1) is 12.3. The third kappa shape index (κ3) is 2.02. The fraction of sp³-hybridized carbons (Fsp3) is 0.455. The van der Waals surface area contributed by atoms with Gasteiger partial charge in [-0.2, -0.15) is 0 Å². The van der Waals surface area contributed by atoms with Gasteiger partial charge in [0.2, 0.25) is 0 Å². The molecule has 6 heteroatoms. The molecule has 0 radical (unpaired) electrons. The van der Waals surface area contributed by atoms with Gasteiger partial charge in [0, 0.05) is 13.6 Å². The monoisotopic (exact) mass is 258 g/mol. The van der Waals surface area contributed by atoms with Gasteiger partial charge in [-0.15, -0.1) is 0 Å². The molecule has 1 aliphatic heterocycles. The Hall–Kier alpha value is -1.14. The van der Waals surface area contributed by atoms with Crippen LogP contribution in [0.4, 0.5) is 10.1 Å². The molecule has 1 aromatic rings. The van der Waals surface area contributed by atoms with Gasteiger partial charge in [-0.1, -0.05) is 6.07 Å². The molecule has 0 aliphatic carbocycles. The van der Waals surface area contributed by atoms with Crippen LogP contribution in [0.1, 0.15) is 0 Å². The van der Waals surface area contributed by atoms with E-state index in [-0.39, 0.29) is 22.4 Å². The Morgan fingerprint density at radius 1 is 1.53 bits per heavy atom. The summed E-state index contributed by atoms with van der Waals surface area (Å²) < 4.78 is 37.8. The molecule has 0 amide bonds. The van der Waals surface area contributed by atoms with Gasteiger partial charge < -0.3 is 10.2 Å². The summed E-state index contributed by atoms with van der Waals surface area (Å²) in [6.07, 6.45) is 0. The molecule has 0 saturated carbocycles. The lowest BCUT2D eigenvalue weighted by Crippen LogP contribution is -2.47. The molecule has 1 aromatic carbocycles. The van der Waals surface area contributed by atoms with E-state index in [0.717, 1.165) is 0 Å². The molecule has 4 nitrogen and oxygen atoms in total. The Bertz CT molecular complexity index is 530. The summed E-state index contributed by atoms with van der Waals surface area (Å²) in [5.74, 6) is -0.477. The van der Waals surface area contributed by atoms with Crippen molar-refractivity contribution in [2.75, 3.05) is 31.3 Å². The number of benzene rings is 1. The molecule has 1 N–H and O–H groups in total. The minimum atomic E-state index is -3.39. The number of anilines is 1. The summed E-state index contributed by atoms with van der Waals surface area (Å²) in [6.45, 7) is 0.503. The van der Waals surface area contributed by atoms with Crippen LogP contribution in [0.2, 0.25) is 0 Å². The molecule has 1 atom stereocenters. The zero-order valence-corrected chi connectivity index (χ0v) is 10.6. The lowest BCUT2D eigenvalue weighted by atomic mass is 10.2. The van der Waals surface area contributed by atoms with E-state index < -0.39 is 15.7 Å². The largest absolute Gasteiger partial charge is 0.366 e. The molecule has 1 aliphatic rings. The molecular weight excluding hydrogens is 243 g/mol. The average Bonchev–Trinajstić information content (AvgIpc) is 2.25.